The predicted molar refractivity (Wildman–Crippen MR) is 74.4 cm³/mol. The molecule has 1 N–H and O–H groups in total. The minimum absolute atomic E-state index is 0.0943. The fourth-order valence-electron chi connectivity index (χ4n) is 2.07. The van der Waals surface area contributed by atoms with Gasteiger partial charge >= 0.3 is 6.18 Å². The largest absolute Gasteiger partial charge is 0.389 e. The van der Waals surface area contributed by atoms with Crippen LogP contribution in [0, 0.1) is 5.92 Å². The third-order valence-corrected chi connectivity index (χ3v) is 4.03. The highest BCUT2D eigenvalue weighted by Gasteiger charge is 2.26. The molecule has 19 heavy (non-hydrogen) atoms. The lowest BCUT2D eigenvalue weighted by Gasteiger charge is -2.26. The summed E-state index contributed by atoms with van der Waals surface area (Å²) in [5, 5.41) is 5.48. The number of hydrogen-bond donors (Lipinski definition) is 1. The summed E-state index contributed by atoms with van der Waals surface area (Å²) >= 11 is 1.69. The molecule has 1 aromatic rings. The smallest absolute Gasteiger partial charge is 0.307 e. The summed E-state index contributed by atoms with van der Waals surface area (Å²) in [6.07, 6.45) is -3.99. The summed E-state index contributed by atoms with van der Waals surface area (Å²) in [5.74, 6) is 0.420. The van der Waals surface area contributed by atoms with Gasteiger partial charge in [-0.3, -0.25) is 0 Å². The normalized spacial score (nSPS) is 15.7. The molecule has 5 heteroatoms. The van der Waals surface area contributed by atoms with Crippen molar-refractivity contribution in [2.75, 3.05) is 0 Å². The number of hydrogen-bond acceptors (Lipinski definition) is 2. The van der Waals surface area contributed by atoms with Crippen LogP contribution in [-0.2, 0) is 0 Å². The lowest BCUT2D eigenvalue weighted by Crippen LogP contribution is -2.33. The van der Waals surface area contributed by atoms with Gasteiger partial charge < -0.3 is 5.32 Å². The molecular weight excluding hydrogens is 271 g/mol. The third-order valence-electron chi connectivity index (χ3n) is 3.08. The van der Waals surface area contributed by atoms with E-state index in [1.165, 1.54) is 4.88 Å². The molecule has 110 valence electrons. The van der Waals surface area contributed by atoms with Crippen molar-refractivity contribution in [1.29, 1.82) is 0 Å². The molecule has 0 saturated carbocycles. The lowest BCUT2D eigenvalue weighted by molar-refractivity contribution is -0.135. The summed E-state index contributed by atoms with van der Waals surface area (Å²) in [7, 11) is 0. The van der Waals surface area contributed by atoms with Crippen molar-refractivity contribution < 1.29 is 13.2 Å². The first-order valence-electron chi connectivity index (χ1n) is 6.66. The van der Waals surface area contributed by atoms with Gasteiger partial charge in [0.25, 0.3) is 0 Å². The highest BCUT2D eigenvalue weighted by Crippen LogP contribution is 2.27. The quantitative estimate of drug-likeness (QED) is 0.732. The molecule has 1 heterocycles. The summed E-state index contributed by atoms with van der Waals surface area (Å²) in [6.45, 7) is 6.21. The zero-order valence-electron chi connectivity index (χ0n) is 11.6. The predicted octanol–water partition coefficient (Wildman–Crippen LogP) is 5.16. The number of halogens is 3. The number of nitrogens with one attached hydrogen (secondary N) is 1. The van der Waals surface area contributed by atoms with E-state index < -0.39 is 12.6 Å². The van der Waals surface area contributed by atoms with Crippen molar-refractivity contribution in [2.45, 2.75) is 58.3 Å². The number of rotatable bonds is 7. The molecule has 0 radical (unpaired) electrons. The van der Waals surface area contributed by atoms with E-state index >= 15 is 0 Å². The van der Waals surface area contributed by atoms with Crippen molar-refractivity contribution in [1.82, 2.24) is 5.32 Å². The molecule has 0 spiro atoms. The Labute approximate surface area is 117 Å². The van der Waals surface area contributed by atoms with Gasteiger partial charge in [-0.25, -0.2) is 0 Å². The second-order valence-electron chi connectivity index (χ2n) is 5.31. The molecule has 2 atom stereocenters. The second-order valence-corrected chi connectivity index (χ2v) is 6.29. The Morgan fingerprint density at radius 1 is 1.26 bits per heavy atom. The molecule has 0 aliphatic heterocycles. The average Bonchev–Trinajstić information content (AvgIpc) is 2.76. The van der Waals surface area contributed by atoms with Crippen LogP contribution >= 0.6 is 11.3 Å². The Hall–Kier alpha value is -0.550. The van der Waals surface area contributed by atoms with Crippen molar-refractivity contribution >= 4 is 11.3 Å². The summed E-state index contributed by atoms with van der Waals surface area (Å²) in [6, 6.07) is 4.40. The van der Waals surface area contributed by atoms with E-state index in [-0.39, 0.29) is 18.5 Å². The molecular formula is C14H22F3NS. The van der Waals surface area contributed by atoms with Crippen molar-refractivity contribution in [3.63, 3.8) is 0 Å². The van der Waals surface area contributed by atoms with Crippen molar-refractivity contribution in [3.8, 4) is 0 Å². The van der Waals surface area contributed by atoms with E-state index in [9.17, 15) is 13.2 Å². The van der Waals surface area contributed by atoms with E-state index in [0.29, 0.717) is 12.3 Å². The Morgan fingerprint density at radius 2 is 1.95 bits per heavy atom. The van der Waals surface area contributed by atoms with Crippen LogP contribution < -0.4 is 5.32 Å². The van der Waals surface area contributed by atoms with E-state index in [4.69, 9.17) is 0 Å². The van der Waals surface area contributed by atoms with Crippen molar-refractivity contribution in [3.05, 3.63) is 22.4 Å². The molecule has 0 bridgehead atoms. The Morgan fingerprint density at radius 3 is 2.42 bits per heavy atom. The Balaban J connectivity index is 2.42. The summed E-state index contributed by atoms with van der Waals surface area (Å²) in [5.41, 5.74) is 0. The summed E-state index contributed by atoms with van der Waals surface area (Å²) in [4.78, 5) is 1.25. The molecule has 0 saturated heterocycles. The molecule has 1 rings (SSSR count). The van der Waals surface area contributed by atoms with Gasteiger partial charge in [0.15, 0.2) is 0 Å². The SMILES string of the molecule is CC(CCCC(F)(F)F)NC(c1cccs1)C(C)C. The Kier molecular flexibility index (Phi) is 6.33. The van der Waals surface area contributed by atoms with Crippen molar-refractivity contribution in [2.24, 2.45) is 5.92 Å². The van der Waals surface area contributed by atoms with E-state index in [1.54, 1.807) is 11.3 Å². The van der Waals surface area contributed by atoms with Gasteiger partial charge in [0.05, 0.1) is 0 Å². The molecule has 0 fully saturated rings. The average molecular weight is 293 g/mol. The van der Waals surface area contributed by atoms with E-state index in [2.05, 4.69) is 25.2 Å². The van der Waals surface area contributed by atoms with Gasteiger partial charge in [0.1, 0.15) is 0 Å². The fourth-order valence-corrected chi connectivity index (χ4v) is 3.03. The lowest BCUT2D eigenvalue weighted by atomic mass is 10.0. The van der Waals surface area contributed by atoms with Gasteiger partial charge in [0, 0.05) is 23.4 Å². The first kappa shape index (κ1) is 16.5. The monoisotopic (exact) mass is 293 g/mol. The zero-order valence-corrected chi connectivity index (χ0v) is 12.4. The molecule has 0 aliphatic carbocycles. The first-order valence-corrected chi connectivity index (χ1v) is 7.53. The molecule has 1 aromatic heterocycles. The maximum atomic E-state index is 12.1. The minimum atomic E-state index is -4.04. The minimum Gasteiger partial charge on any atom is -0.307 e. The van der Waals surface area contributed by atoms with Crippen LogP contribution in [0.5, 0.6) is 0 Å². The van der Waals surface area contributed by atoms with Gasteiger partial charge in [0.2, 0.25) is 0 Å². The van der Waals surface area contributed by atoms with Crippen LogP contribution in [0.4, 0.5) is 13.2 Å². The van der Waals surface area contributed by atoms with Crippen LogP contribution in [0.2, 0.25) is 0 Å². The van der Waals surface area contributed by atoms with Gasteiger partial charge in [-0.2, -0.15) is 13.2 Å². The Bertz CT molecular complexity index is 346. The van der Waals surface area contributed by atoms with Gasteiger partial charge in [-0.1, -0.05) is 19.9 Å². The third kappa shape index (κ3) is 6.43. The number of thiophene rings is 1. The maximum Gasteiger partial charge on any atom is 0.389 e. The van der Waals surface area contributed by atoms with Crippen LogP contribution in [0.25, 0.3) is 0 Å². The highest BCUT2D eigenvalue weighted by atomic mass is 32.1. The van der Waals surface area contributed by atoms with Gasteiger partial charge in [-0.05, 0) is 37.1 Å². The zero-order chi connectivity index (χ0) is 14.5. The maximum absolute atomic E-state index is 12.1. The van der Waals surface area contributed by atoms with E-state index in [1.807, 2.05) is 18.4 Å². The summed E-state index contributed by atoms with van der Waals surface area (Å²) < 4.78 is 36.3. The highest BCUT2D eigenvalue weighted by molar-refractivity contribution is 7.10. The molecule has 0 aliphatic rings. The van der Waals surface area contributed by atoms with Crippen LogP contribution in [0.1, 0.15) is 51.0 Å². The molecule has 0 aromatic carbocycles. The number of alkyl halides is 3. The van der Waals surface area contributed by atoms with Crippen LogP contribution in [0.15, 0.2) is 17.5 Å². The standard InChI is InChI=1S/C14H22F3NS/c1-10(2)13(12-7-5-9-19-12)18-11(3)6-4-8-14(15,16)17/h5,7,9-11,13,18H,4,6,8H2,1-3H3. The molecule has 1 nitrogen and oxygen atoms in total. The molecule has 2 unspecified atom stereocenters. The first-order chi connectivity index (χ1) is 8.79. The van der Waals surface area contributed by atoms with Crippen LogP contribution in [-0.4, -0.2) is 12.2 Å². The van der Waals surface area contributed by atoms with Crippen LogP contribution in [0.3, 0.4) is 0 Å². The molecule has 0 amide bonds. The van der Waals surface area contributed by atoms with E-state index in [0.717, 1.165) is 0 Å². The van der Waals surface area contributed by atoms with Gasteiger partial charge in [-0.15, -0.1) is 11.3 Å². The topological polar surface area (TPSA) is 12.0 Å². The fraction of sp³-hybridized carbons (Fsp3) is 0.714. The second kappa shape index (κ2) is 7.29.